The van der Waals surface area contributed by atoms with Crippen LogP contribution < -0.4 is 0 Å². The van der Waals surface area contributed by atoms with Crippen LogP contribution in [0.4, 0.5) is 0 Å². The molecule has 22 heavy (non-hydrogen) atoms. The van der Waals surface area contributed by atoms with Crippen molar-refractivity contribution in [2.24, 2.45) is 0 Å². The molecule has 0 aliphatic carbocycles. The highest BCUT2D eigenvalue weighted by atomic mass is 16.5. The van der Waals surface area contributed by atoms with Crippen molar-refractivity contribution in [2.75, 3.05) is 19.8 Å². The number of ether oxygens (including phenoxy) is 1. The van der Waals surface area contributed by atoms with Crippen molar-refractivity contribution in [3.63, 3.8) is 0 Å². The maximum atomic E-state index is 9.28. The molecule has 0 amide bonds. The van der Waals surface area contributed by atoms with Gasteiger partial charge in [-0.15, -0.1) is 0 Å². The lowest BCUT2D eigenvalue weighted by atomic mass is 10.1. The zero-order valence-electron chi connectivity index (χ0n) is 13.5. The van der Waals surface area contributed by atoms with Gasteiger partial charge in [0.05, 0.1) is 19.8 Å². The summed E-state index contributed by atoms with van der Waals surface area (Å²) in [7, 11) is 0. The van der Waals surface area contributed by atoms with Crippen LogP contribution in [0.5, 0.6) is 0 Å². The highest BCUT2D eigenvalue weighted by Crippen LogP contribution is 2.27. The van der Waals surface area contributed by atoms with Gasteiger partial charge in [-0.2, -0.15) is 5.10 Å². The molecule has 0 radical (unpaired) electrons. The molecule has 2 aromatic rings. The van der Waals surface area contributed by atoms with E-state index < -0.39 is 0 Å². The first kappa shape index (κ1) is 15.2. The average molecular weight is 304 g/mol. The molecule has 6 nitrogen and oxygen atoms in total. The van der Waals surface area contributed by atoms with E-state index in [1.54, 1.807) is 4.68 Å². The first-order valence-corrected chi connectivity index (χ1v) is 7.81. The molecule has 0 bridgehead atoms. The highest BCUT2D eigenvalue weighted by molar-refractivity contribution is 5.54. The van der Waals surface area contributed by atoms with Crippen molar-refractivity contribution in [2.45, 2.75) is 45.2 Å². The molecular formula is C16H24N4O2. The Morgan fingerprint density at radius 3 is 2.82 bits per heavy atom. The maximum absolute atomic E-state index is 9.28. The van der Waals surface area contributed by atoms with E-state index in [0.29, 0.717) is 13.2 Å². The number of rotatable bonds is 4. The third-order valence-electron chi connectivity index (χ3n) is 4.02. The summed E-state index contributed by atoms with van der Waals surface area (Å²) in [6.45, 7) is 8.46. The normalized spacial score (nSPS) is 19.0. The monoisotopic (exact) mass is 304 g/mol. The summed E-state index contributed by atoms with van der Waals surface area (Å²) < 4.78 is 9.40. The van der Waals surface area contributed by atoms with Gasteiger partial charge in [0.25, 0.3) is 0 Å². The van der Waals surface area contributed by atoms with Gasteiger partial charge in [0.1, 0.15) is 0 Å². The molecule has 1 aliphatic rings. The molecule has 6 heteroatoms. The van der Waals surface area contributed by atoms with Gasteiger partial charge < -0.3 is 14.4 Å². The first-order chi connectivity index (χ1) is 10.5. The first-order valence-electron chi connectivity index (χ1n) is 7.81. The highest BCUT2D eigenvalue weighted by Gasteiger charge is 2.24. The standard InChI is InChI=1S/C16H24N4O2/c1-16(2,3)19-6-4-12(10-19)15-17-14(13-5-9-22-11-13)18-20(15)7-8-21/h4,6,10,13,21H,5,7-9,11H2,1-3H3. The van der Waals surface area contributed by atoms with Crippen LogP contribution >= 0.6 is 0 Å². The van der Waals surface area contributed by atoms with Gasteiger partial charge >= 0.3 is 0 Å². The molecule has 1 atom stereocenters. The molecule has 0 saturated carbocycles. The topological polar surface area (TPSA) is 65.1 Å². The molecule has 0 spiro atoms. The van der Waals surface area contributed by atoms with Gasteiger partial charge in [-0.1, -0.05) is 0 Å². The van der Waals surface area contributed by atoms with Crippen molar-refractivity contribution < 1.29 is 9.84 Å². The van der Waals surface area contributed by atoms with E-state index in [1.165, 1.54) is 0 Å². The fraction of sp³-hybridized carbons (Fsp3) is 0.625. The number of nitrogens with zero attached hydrogens (tertiary/aromatic N) is 4. The van der Waals surface area contributed by atoms with Crippen LogP contribution in [-0.4, -0.2) is 44.3 Å². The van der Waals surface area contributed by atoms with E-state index in [2.05, 4.69) is 48.9 Å². The summed E-state index contributed by atoms with van der Waals surface area (Å²) in [5.74, 6) is 1.91. The Hall–Kier alpha value is -1.66. The van der Waals surface area contributed by atoms with Crippen LogP contribution in [0.3, 0.4) is 0 Å². The Morgan fingerprint density at radius 1 is 1.41 bits per heavy atom. The van der Waals surface area contributed by atoms with Gasteiger partial charge in [-0.25, -0.2) is 9.67 Å². The van der Waals surface area contributed by atoms with Crippen molar-refractivity contribution in [3.05, 3.63) is 24.3 Å². The second-order valence-electron chi connectivity index (χ2n) is 6.78. The van der Waals surface area contributed by atoms with Crippen LogP contribution in [0.15, 0.2) is 18.5 Å². The molecule has 3 heterocycles. The molecule has 120 valence electrons. The maximum Gasteiger partial charge on any atom is 0.160 e. The Labute approximate surface area is 130 Å². The Bertz CT molecular complexity index is 633. The Balaban J connectivity index is 1.95. The lowest BCUT2D eigenvalue weighted by Crippen LogP contribution is -2.19. The number of aliphatic hydroxyl groups is 1. The van der Waals surface area contributed by atoms with E-state index in [-0.39, 0.29) is 18.1 Å². The number of hydrogen-bond donors (Lipinski definition) is 1. The van der Waals surface area contributed by atoms with E-state index >= 15 is 0 Å². The molecule has 1 fully saturated rings. The van der Waals surface area contributed by atoms with Crippen LogP contribution in [0, 0.1) is 0 Å². The van der Waals surface area contributed by atoms with Gasteiger partial charge in [0.2, 0.25) is 0 Å². The lowest BCUT2D eigenvalue weighted by molar-refractivity contribution is 0.193. The summed E-state index contributed by atoms with van der Waals surface area (Å²) in [5.41, 5.74) is 1.06. The van der Waals surface area contributed by atoms with Crippen LogP contribution in [0.1, 0.15) is 38.9 Å². The Kier molecular flexibility index (Phi) is 4.06. The zero-order chi connectivity index (χ0) is 15.7. The van der Waals surface area contributed by atoms with Crippen LogP contribution in [0.2, 0.25) is 0 Å². The second kappa shape index (κ2) is 5.85. The zero-order valence-corrected chi connectivity index (χ0v) is 13.5. The van der Waals surface area contributed by atoms with Gasteiger partial charge in [0, 0.05) is 36.0 Å². The predicted molar refractivity (Wildman–Crippen MR) is 83.7 cm³/mol. The number of aromatic nitrogens is 4. The minimum atomic E-state index is 0.0300. The fourth-order valence-electron chi connectivity index (χ4n) is 2.68. The summed E-state index contributed by atoms with van der Waals surface area (Å²) >= 11 is 0. The number of aliphatic hydroxyl groups excluding tert-OH is 1. The molecule has 2 aromatic heterocycles. The van der Waals surface area contributed by atoms with Crippen molar-refractivity contribution in [3.8, 4) is 11.4 Å². The predicted octanol–water partition coefficient (Wildman–Crippen LogP) is 2.00. The molecule has 1 N–H and O–H groups in total. The SMILES string of the molecule is CC(C)(C)n1ccc(-c2nc(C3CCOC3)nn2CCO)c1. The molecule has 0 aromatic carbocycles. The van der Waals surface area contributed by atoms with Gasteiger partial charge in [0.15, 0.2) is 11.6 Å². The molecule has 1 aliphatic heterocycles. The minimum Gasteiger partial charge on any atom is -0.394 e. The Morgan fingerprint density at radius 2 is 2.23 bits per heavy atom. The molecule has 1 unspecified atom stereocenters. The summed E-state index contributed by atoms with van der Waals surface area (Å²) in [6.07, 6.45) is 5.12. The van der Waals surface area contributed by atoms with E-state index in [4.69, 9.17) is 9.72 Å². The number of hydrogen-bond acceptors (Lipinski definition) is 4. The van der Waals surface area contributed by atoms with Crippen molar-refractivity contribution in [1.29, 1.82) is 0 Å². The van der Waals surface area contributed by atoms with Crippen molar-refractivity contribution in [1.82, 2.24) is 19.3 Å². The molecular weight excluding hydrogens is 280 g/mol. The van der Waals surface area contributed by atoms with Crippen molar-refractivity contribution >= 4 is 0 Å². The van der Waals surface area contributed by atoms with E-state index in [9.17, 15) is 5.11 Å². The summed E-state index contributed by atoms with van der Waals surface area (Å²) in [5, 5.41) is 13.9. The smallest absolute Gasteiger partial charge is 0.160 e. The third kappa shape index (κ3) is 2.94. The quantitative estimate of drug-likeness (QED) is 0.938. The van der Waals surface area contributed by atoms with E-state index in [1.807, 2.05) is 0 Å². The fourth-order valence-corrected chi connectivity index (χ4v) is 2.68. The van der Waals surface area contributed by atoms with E-state index in [0.717, 1.165) is 30.2 Å². The van der Waals surface area contributed by atoms with Gasteiger partial charge in [-0.05, 0) is 33.3 Å². The van der Waals surface area contributed by atoms with Gasteiger partial charge in [-0.3, -0.25) is 0 Å². The molecule has 3 rings (SSSR count). The van der Waals surface area contributed by atoms with Crippen LogP contribution in [-0.2, 0) is 16.8 Å². The minimum absolute atomic E-state index is 0.0300. The second-order valence-corrected chi connectivity index (χ2v) is 6.78. The lowest BCUT2D eigenvalue weighted by Gasteiger charge is -2.20. The molecule has 1 saturated heterocycles. The van der Waals surface area contributed by atoms with Crippen LogP contribution in [0.25, 0.3) is 11.4 Å². The summed E-state index contributed by atoms with van der Waals surface area (Å²) in [6, 6.07) is 2.05. The summed E-state index contributed by atoms with van der Waals surface area (Å²) in [4.78, 5) is 4.72. The third-order valence-corrected chi connectivity index (χ3v) is 4.02. The largest absolute Gasteiger partial charge is 0.394 e. The average Bonchev–Trinajstić information content (AvgIpc) is 3.18.